The van der Waals surface area contributed by atoms with Crippen molar-refractivity contribution in [2.24, 2.45) is 5.92 Å². The molecule has 0 bridgehead atoms. The van der Waals surface area contributed by atoms with Gasteiger partial charge in [-0.1, -0.05) is 18.5 Å². The number of rotatable bonds is 2. The smallest absolute Gasteiger partial charge is 0.268 e. The minimum Gasteiger partial charge on any atom is -0.495 e. The van der Waals surface area contributed by atoms with Crippen LogP contribution in [0.15, 0.2) is 23.0 Å². The lowest BCUT2D eigenvalue weighted by Crippen LogP contribution is -2.22. The molecule has 0 fully saturated rings. The van der Waals surface area contributed by atoms with Crippen molar-refractivity contribution in [3.05, 3.63) is 48.8 Å². The van der Waals surface area contributed by atoms with Gasteiger partial charge in [0, 0.05) is 9.90 Å². The van der Waals surface area contributed by atoms with Gasteiger partial charge in [0.25, 0.3) is 5.56 Å². The van der Waals surface area contributed by atoms with E-state index in [0.717, 1.165) is 29.5 Å². The molecule has 7 heteroatoms. The SMILES string of the molecule is COc1ccc(Cl)cc1-n1c(=S)[nH]c2sc3c(c2c1=O)CC[C@@H](C)C3. The number of fused-ring (bicyclic) bond motifs is 3. The third kappa shape index (κ3) is 2.72. The zero-order valence-electron chi connectivity index (χ0n) is 13.9. The normalized spacial score (nSPS) is 16.8. The van der Waals surface area contributed by atoms with Gasteiger partial charge >= 0.3 is 0 Å². The highest BCUT2D eigenvalue weighted by Crippen LogP contribution is 2.36. The first-order valence-corrected chi connectivity index (χ1v) is 9.73. The number of nitrogens with zero attached hydrogens (tertiary/aromatic N) is 1. The standard InChI is InChI=1S/C18H17ClN2O2S2/c1-9-3-5-11-14(7-9)25-16-15(11)17(22)21(18(24)20-16)12-8-10(19)4-6-13(12)23-2/h4,6,8-9H,3,5,7H2,1-2H3,(H,20,24)/t9-/m1/s1. The Labute approximate surface area is 159 Å². The molecule has 0 spiro atoms. The van der Waals surface area contributed by atoms with E-state index in [0.29, 0.717) is 27.1 Å². The summed E-state index contributed by atoms with van der Waals surface area (Å²) >= 11 is 13.3. The number of aryl methyl sites for hydroxylation is 1. The number of benzene rings is 1. The molecule has 2 aromatic heterocycles. The van der Waals surface area contributed by atoms with Crippen LogP contribution in [0, 0.1) is 10.7 Å². The average Bonchev–Trinajstić information content (AvgIpc) is 2.92. The monoisotopic (exact) mass is 392 g/mol. The molecule has 4 nitrogen and oxygen atoms in total. The topological polar surface area (TPSA) is 47.0 Å². The van der Waals surface area contributed by atoms with Crippen molar-refractivity contribution < 1.29 is 4.74 Å². The summed E-state index contributed by atoms with van der Waals surface area (Å²) in [5, 5.41) is 1.28. The fourth-order valence-electron chi connectivity index (χ4n) is 3.48. The molecule has 1 N–H and O–H groups in total. The second kappa shape index (κ2) is 6.27. The summed E-state index contributed by atoms with van der Waals surface area (Å²) in [5.41, 5.74) is 1.63. The van der Waals surface area contributed by atoms with Crippen molar-refractivity contribution in [3.8, 4) is 11.4 Å². The van der Waals surface area contributed by atoms with Gasteiger partial charge in [-0.2, -0.15) is 0 Å². The van der Waals surface area contributed by atoms with Crippen LogP contribution in [0.2, 0.25) is 5.02 Å². The number of hydrogen-bond acceptors (Lipinski definition) is 4. The Morgan fingerprint density at radius 1 is 1.44 bits per heavy atom. The summed E-state index contributed by atoms with van der Waals surface area (Å²) in [4.78, 5) is 18.7. The molecule has 25 heavy (non-hydrogen) atoms. The first-order valence-electron chi connectivity index (χ1n) is 8.13. The quantitative estimate of drug-likeness (QED) is 0.631. The van der Waals surface area contributed by atoms with Crippen molar-refractivity contribution in [2.75, 3.05) is 7.11 Å². The number of aromatic nitrogens is 2. The lowest BCUT2D eigenvalue weighted by molar-refractivity contribution is 0.412. The lowest BCUT2D eigenvalue weighted by Gasteiger charge is -2.17. The first-order chi connectivity index (χ1) is 12.0. The van der Waals surface area contributed by atoms with E-state index in [-0.39, 0.29) is 5.56 Å². The molecular weight excluding hydrogens is 376 g/mol. The van der Waals surface area contributed by atoms with E-state index in [9.17, 15) is 4.79 Å². The Bertz CT molecular complexity index is 1100. The maximum atomic E-state index is 13.3. The molecule has 4 rings (SSSR count). The number of thiophene rings is 1. The maximum absolute atomic E-state index is 13.3. The Morgan fingerprint density at radius 2 is 2.24 bits per heavy atom. The summed E-state index contributed by atoms with van der Waals surface area (Å²) in [7, 11) is 1.57. The number of ether oxygens (including phenoxy) is 1. The van der Waals surface area contributed by atoms with Crippen molar-refractivity contribution >= 4 is 45.4 Å². The summed E-state index contributed by atoms with van der Waals surface area (Å²) in [6, 6.07) is 5.18. The van der Waals surface area contributed by atoms with Crippen molar-refractivity contribution in [1.29, 1.82) is 0 Å². The van der Waals surface area contributed by atoms with Gasteiger partial charge in [0.05, 0.1) is 18.2 Å². The Kier molecular flexibility index (Phi) is 4.22. The Balaban J connectivity index is 2.05. The molecule has 0 aliphatic heterocycles. The predicted molar refractivity (Wildman–Crippen MR) is 105 cm³/mol. The summed E-state index contributed by atoms with van der Waals surface area (Å²) in [5.74, 6) is 1.21. The highest BCUT2D eigenvalue weighted by atomic mass is 35.5. The van der Waals surface area contributed by atoms with Crippen LogP contribution in [-0.4, -0.2) is 16.7 Å². The van der Waals surface area contributed by atoms with Crippen LogP contribution in [0.1, 0.15) is 23.8 Å². The largest absolute Gasteiger partial charge is 0.495 e. The summed E-state index contributed by atoms with van der Waals surface area (Å²) < 4.78 is 7.25. The van der Waals surface area contributed by atoms with E-state index in [1.165, 1.54) is 15.0 Å². The van der Waals surface area contributed by atoms with E-state index in [1.807, 2.05) is 0 Å². The third-order valence-electron chi connectivity index (χ3n) is 4.73. The first kappa shape index (κ1) is 16.8. The number of halogens is 1. The van der Waals surface area contributed by atoms with Gasteiger partial charge in [0.2, 0.25) is 0 Å². The molecule has 1 atom stereocenters. The van der Waals surface area contributed by atoms with E-state index in [2.05, 4.69) is 11.9 Å². The number of hydrogen-bond donors (Lipinski definition) is 1. The second-order valence-corrected chi connectivity index (χ2v) is 8.37. The van der Waals surface area contributed by atoms with E-state index < -0.39 is 0 Å². The number of aromatic amines is 1. The molecule has 0 saturated heterocycles. The summed E-state index contributed by atoms with van der Waals surface area (Å²) in [6.45, 7) is 2.25. The second-order valence-electron chi connectivity index (χ2n) is 6.44. The number of H-pyrrole nitrogens is 1. The van der Waals surface area contributed by atoms with Crippen LogP contribution in [0.3, 0.4) is 0 Å². The molecule has 0 radical (unpaired) electrons. The van der Waals surface area contributed by atoms with Gasteiger partial charge < -0.3 is 9.72 Å². The molecule has 0 amide bonds. The average molecular weight is 393 g/mol. The lowest BCUT2D eigenvalue weighted by atomic mass is 9.89. The third-order valence-corrected chi connectivity index (χ3v) is 6.42. The predicted octanol–water partition coefficient (Wildman–Crippen LogP) is 4.90. The van der Waals surface area contributed by atoms with E-state index in [4.69, 9.17) is 28.6 Å². The maximum Gasteiger partial charge on any atom is 0.268 e. The minimum atomic E-state index is -0.105. The van der Waals surface area contributed by atoms with Crippen LogP contribution in [0.4, 0.5) is 0 Å². The van der Waals surface area contributed by atoms with Gasteiger partial charge in [0.15, 0.2) is 4.77 Å². The fourth-order valence-corrected chi connectivity index (χ4v) is 5.39. The van der Waals surface area contributed by atoms with Crippen molar-refractivity contribution in [1.82, 2.24) is 9.55 Å². The van der Waals surface area contributed by atoms with E-state index >= 15 is 0 Å². The highest BCUT2D eigenvalue weighted by molar-refractivity contribution is 7.71. The van der Waals surface area contributed by atoms with Gasteiger partial charge in [-0.3, -0.25) is 4.79 Å². The van der Waals surface area contributed by atoms with Crippen LogP contribution in [-0.2, 0) is 12.8 Å². The van der Waals surface area contributed by atoms with Gasteiger partial charge in [-0.15, -0.1) is 11.3 Å². The molecule has 0 unspecified atom stereocenters. The van der Waals surface area contributed by atoms with Gasteiger partial charge in [-0.25, -0.2) is 4.57 Å². The minimum absolute atomic E-state index is 0.105. The molecule has 130 valence electrons. The molecule has 1 aromatic carbocycles. The molecule has 1 aliphatic carbocycles. The number of methoxy groups -OCH3 is 1. The fraction of sp³-hybridized carbons (Fsp3) is 0.333. The van der Waals surface area contributed by atoms with Gasteiger partial charge in [0.1, 0.15) is 10.6 Å². The Morgan fingerprint density at radius 3 is 3.00 bits per heavy atom. The molecule has 2 heterocycles. The zero-order chi connectivity index (χ0) is 17.7. The Hall–Kier alpha value is -1.63. The van der Waals surface area contributed by atoms with Gasteiger partial charge in [-0.05, 0) is 61.2 Å². The molecule has 1 aliphatic rings. The van der Waals surface area contributed by atoms with Crippen molar-refractivity contribution in [2.45, 2.75) is 26.2 Å². The highest BCUT2D eigenvalue weighted by Gasteiger charge is 2.24. The zero-order valence-corrected chi connectivity index (χ0v) is 16.3. The van der Waals surface area contributed by atoms with E-state index in [1.54, 1.807) is 36.6 Å². The van der Waals surface area contributed by atoms with Crippen LogP contribution in [0.25, 0.3) is 15.9 Å². The van der Waals surface area contributed by atoms with Crippen molar-refractivity contribution in [3.63, 3.8) is 0 Å². The molecule has 3 aromatic rings. The molecule has 0 saturated carbocycles. The van der Waals surface area contributed by atoms with Crippen LogP contribution in [0.5, 0.6) is 5.75 Å². The van der Waals surface area contributed by atoms with Crippen LogP contribution >= 0.6 is 35.2 Å². The summed E-state index contributed by atoms with van der Waals surface area (Å²) in [6.07, 6.45) is 3.06. The number of nitrogens with one attached hydrogen (secondary N) is 1. The van der Waals surface area contributed by atoms with Crippen LogP contribution < -0.4 is 10.3 Å². The molecular formula is C18H17ClN2O2S2.